The zero-order valence-electron chi connectivity index (χ0n) is 16.2. The van der Waals surface area contributed by atoms with Crippen LogP contribution in [-0.2, 0) is 6.54 Å². The summed E-state index contributed by atoms with van der Waals surface area (Å²) in [5.74, 6) is 0. The Kier molecular flexibility index (Phi) is 4.94. The molecule has 2 atom stereocenters. The third-order valence-corrected chi connectivity index (χ3v) is 5.65. The van der Waals surface area contributed by atoms with E-state index in [9.17, 15) is 0 Å². The number of rotatable bonds is 5. The molecule has 30 heavy (non-hydrogen) atoms. The van der Waals surface area contributed by atoms with E-state index in [0.29, 0.717) is 11.7 Å². The highest BCUT2D eigenvalue weighted by Gasteiger charge is 2.41. The summed E-state index contributed by atoms with van der Waals surface area (Å²) < 4.78 is 2.19. The number of thiocarbonyl (C=S) groups is 1. The van der Waals surface area contributed by atoms with Gasteiger partial charge in [-0.15, -0.1) is 0 Å². The van der Waals surface area contributed by atoms with Gasteiger partial charge in [-0.05, 0) is 60.2 Å². The van der Waals surface area contributed by atoms with Crippen LogP contribution in [0.15, 0.2) is 91.8 Å². The van der Waals surface area contributed by atoms with E-state index in [1.54, 1.807) is 18.6 Å². The Morgan fingerprint density at radius 3 is 2.57 bits per heavy atom. The van der Waals surface area contributed by atoms with Crippen molar-refractivity contribution < 1.29 is 0 Å². The Bertz CT molecular complexity index is 1130. The quantitative estimate of drug-likeness (QED) is 0.503. The third-order valence-electron chi connectivity index (χ3n) is 5.30. The number of aromatic nitrogens is 4. The molecule has 0 saturated carbocycles. The van der Waals surface area contributed by atoms with Crippen LogP contribution in [0.25, 0.3) is 5.69 Å². The van der Waals surface area contributed by atoms with Crippen molar-refractivity contribution in [1.29, 1.82) is 0 Å². The second-order valence-electron chi connectivity index (χ2n) is 7.12. The van der Waals surface area contributed by atoms with Crippen molar-refractivity contribution in [1.82, 2.24) is 29.7 Å². The van der Waals surface area contributed by atoms with Gasteiger partial charge >= 0.3 is 0 Å². The fraction of sp³-hybridized carbons (Fsp3) is 0.130. The minimum absolute atomic E-state index is 0.0317. The zero-order valence-corrected chi connectivity index (χ0v) is 17.0. The predicted octanol–water partition coefficient (Wildman–Crippen LogP) is 3.84. The van der Waals surface area contributed by atoms with Crippen molar-refractivity contribution in [3.8, 4) is 5.69 Å². The van der Waals surface area contributed by atoms with Crippen LogP contribution in [0, 0.1) is 0 Å². The van der Waals surface area contributed by atoms with Gasteiger partial charge in [0.2, 0.25) is 0 Å². The molecule has 0 radical (unpaired) electrons. The molecule has 5 rings (SSSR count). The maximum absolute atomic E-state index is 5.78. The molecular weight excluding hydrogens is 392 g/mol. The zero-order chi connectivity index (χ0) is 20.3. The summed E-state index contributed by atoms with van der Waals surface area (Å²) in [7, 11) is 0. The molecule has 1 N–H and O–H groups in total. The lowest BCUT2D eigenvalue weighted by Crippen LogP contribution is -2.30. The lowest BCUT2D eigenvalue weighted by Gasteiger charge is -2.29. The first-order valence-corrected chi connectivity index (χ1v) is 10.2. The summed E-state index contributed by atoms with van der Waals surface area (Å²) >= 11 is 5.78. The fourth-order valence-corrected chi connectivity index (χ4v) is 4.27. The number of pyridine rings is 3. The van der Waals surface area contributed by atoms with Crippen LogP contribution in [0.2, 0.25) is 0 Å². The maximum Gasteiger partial charge on any atom is 0.170 e. The van der Waals surface area contributed by atoms with Gasteiger partial charge in [0.25, 0.3) is 0 Å². The highest BCUT2D eigenvalue weighted by atomic mass is 32.1. The monoisotopic (exact) mass is 412 g/mol. The summed E-state index contributed by atoms with van der Waals surface area (Å²) in [6.07, 6.45) is 11.2. The second-order valence-corrected chi connectivity index (χ2v) is 7.51. The molecule has 1 aliphatic rings. The van der Waals surface area contributed by atoms with Crippen LogP contribution < -0.4 is 5.32 Å². The smallest absolute Gasteiger partial charge is 0.170 e. The Hall–Kier alpha value is -3.58. The van der Waals surface area contributed by atoms with E-state index in [1.807, 2.05) is 48.8 Å². The lowest BCUT2D eigenvalue weighted by atomic mass is 10.0. The lowest BCUT2D eigenvalue weighted by molar-refractivity contribution is 0.302. The van der Waals surface area contributed by atoms with Gasteiger partial charge in [-0.2, -0.15) is 0 Å². The first-order chi connectivity index (χ1) is 14.8. The molecule has 0 aromatic carbocycles. The van der Waals surface area contributed by atoms with Crippen LogP contribution in [0.3, 0.4) is 0 Å². The van der Waals surface area contributed by atoms with Crippen molar-refractivity contribution >= 4 is 17.3 Å². The maximum atomic E-state index is 5.78. The van der Waals surface area contributed by atoms with Crippen molar-refractivity contribution in [2.75, 3.05) is 0 Å². The SMILES string of the molecule is S=C1N[C@H](c2ccccn2)[C@H](c2cccn2-c2ccncc2)N1Cc1cccnc1. The fourth-order valence-electron chi connectivity index (χ4n) is 3.96. The average molecular weight is 413 g/mol. The summed E-state index contributed by atoms with van der Waals surface area (Å²) in [5.41, 5.74) is 4.26. The number of hydrogen-bond donors (Lipinski definition) is 1. The highest BCUT2D eigenvalue weighted by molar-refractivity contribution is 7.80. The van der Waals surface area contributed by atoms with Gasteiger partial charge in [-0.3, -0.25) is 15.0 Å². The normalized spacial score (nSPS) is 18.4. The van der Waals surface area contributed by atoms with Crippen molar-refractivity contribution in [3.63, 3.8) is 0 Å². The van der Waals surface area contributed by atoms with E-state index < -0.39 is 0 Å². The van der Waals surface area contributed by atoms with Crippen LogP contribution in [0.1, 0.15) is 29.0 Å². The molecule has 5 heterocycles. The molecule has 0 bridgehead atoms. The number of hydrogen-bond acceptors (Lipinski definition) is 4. The van der Waals surface area contributed by atoms with E-state index in [1.165, 1.54) is 0 Å². The van der Waals surface area contributed by atoms with E-state index in [4.69, 9.17) is 12.2 Å². The van der Waals surface area contributed by atoms with E-state index in [-0.39, 0.29) is 12.1 Å². The largest absolute Gasteiger partial charge is 0.352 e. The third kappa shape index (κ3) is 3.44. The van der Waals surface area contributed by atoms with Gasteiger partial charge in [0, 0.05) is 55.1 Å². The average Bonchev–Trinajstić information content (AvgIpc) is 3.40. The van der Waals surface area contributed by atoms with Gasteiger partial charge in [0.1, 0.15) is 0 Å². The van der Waals surface area contributed by atoms with Crippen LogP contribution >= 0.6 is 12.2 Å². The van der Waals surface area contributed by atoms with Crippen molar-refractivity contribution in [2.45, 2.75) is 18.6 Å². The van der Waals surface area contributed by atoms with E-state index in [2.05, 4.69) is 54.1 Å². The van der Waals surface area contributed by atoms with Gasteiger partial charge in [-0.1, -0.05) is 12.1 Å². The topological polar surface area (TPSA) is 58.9 Å². The van der Waals surface area contributed by atoms with Crippen LogP contribution in [0.5, 0.6) is 0 Å². The summed E-state index contributed by atoms with van der Waals surface area (Å²) in [6.45, 7) is 0.662. The molecule has 4 aromatic heterocycles. The van der Waals surface area contributed by atoms with Gasteiger partial charge in [0.05, 0.1) is 17.8 Å². The second kappa shape index (κ2) is 8.04. The van der Waals surface area contributed by atoms with Crippen molar-refractivity contribution in [2.24, 2.45) is 0 Å². The molecule has 7 heteroatoms. The highest BCUT2D eigenvalue weighted by Crippen LogP contribution is 2.40. The summed E-state index contributed by atoms with van der Waals surface area (Å²) in [6, 6.07) is 18.1. The standard InChI is InChI=1S/C23H20N6S/c30-23-27-21(19-6-1-2-11-26-19)22(29(23)16-17-5-3-10-25-15-17)20-7-4-14-28(20)18-8-12-24-13-9-18/h1-15,21-22H,16H2,(H,27,30)/t21-,22+/m1/s1. The molecule has 0 aliphatic carbocycles. The first-order valence-electron chi connectivity index (χ1n) is 9.76. The van der Waals surface area contributed by atoms with Gasteiger partial charge in [0.15, 0.2) is 5.11 Å². The molecule has 0 spiro atoms. The minimum atomic E-state index is -0.0640. The van der Waals surface area contributed by atoms with Crippen molar-refractivity contribution in [3.05, 3.63) is 109 Å². The Balaban J connectivity index is 1.60. The predicted molar refractivity (Wildman–Crippen MR) is 119 cm³/mol. The number of nitrogens with zero attached hydrogens (tertiary/aromatic N) is 5. The van der Waals surface area contributed by atoms with E-state index >= 15 is 0 Å². The molecule has 1 saturated heterocycles. The molecule has 4 aromatic rings. The Morgan fingerprint density at radius 2 is 1.80 bits per heavy atom. The van der Waals surface area contributed by atoms with Crippen LogP contribution in [-0.4, -0.2) is 29.5 Å². The van der Waals surface area contributed by atoms with Gasteiger partial charge < -0.3 is 14.8 Å². The molecular formula is C23H20N6S. The van der Waals surface area contributed by atoms with Gasteiger partial charge in [-0.25, -0.2) is 0 Å². The molecule has 0 unspecified atom stereocenters. The molecule has 1 aliphatic heterocycles. The Morgan fingerprint density at radius 1 is 0.900 bits per heavy atom. The molecule has 148 valence electrons. The Labute approximate surface area is 180 Å². The molecule has 1 fully saturated rings. The van der Waals surface area contributed by atoms with E-state index in [0.717, 1.165) is 22.6 Å². The first kappa shape index (κ1) is 18.4. The minimum Gasteiger partial charge on any atom is -0.352 e. The summed E-state index contributed by atoms with van der Waals surface area (Å²) in [4.78, 5) is 15.3. The number of nitrogens with one attached hydrogen (secondary N) is 1. The molecule has 6 nitrogen and oxygen atoms in total. The van der Waals surface area contributed by atoms with Crippen LogP contribution in [0.4, 0.5) is 0 Å². The summed E-state index contributed by atoms with van der Waals surface area (Å²) in [5, 5.41) is 4.22. The molecule has 0 amide bonds.